The van der Waals surface area contributed by atoms with Gasteiger partial charge in [-0.1, -0.05) is 19.9 Å². The molecule has 114 valence electrons. The first-order chi connectivity index (χ1) is 10.0. The van der Waals surface area contributed by atoms with Gasteiger partial charge in [0.15, 0.2) is 0 Å². The molecule has 0 fully saturated rings. The zero-order valence-corrected chi connectivity index (χ0v) is 13.3. The van der Waals surface area contributed by atoms with Crippen molar-refractivity contribution in [3.8, 4) is 5.88 Å². The van der Waals surface area contributed by atoms with Crippen molar-refractivity contribution in [2.24, 2.45) is 0 Å². The Hall–Kier alpha value is -2.10. The summed E-state index contributed by atoms with van der Waals surface area (Å²) in [5, 5.41) is 0. The van der Waals surface area contributed by atoms with Crippen LogP contribution in [0.1, 0.15) is 37.8 Å². The van der Waals surface area contributed by atoms with Crippen LogP contribution < -0.4 is 4.74 Å². The van der Waals surface area contributed by atoms with Crippen molar-refractivity contribution in [1.82, 2.24) is 9.88 Å². The van der Waals surface area contributed by atoms with Gasteiger partial charge in [-0.3, -0.25) is 4.79 Å². The fourth-order valence-corrected chi connectivity index (χ4v) is 2.13. The average molecular weight is 288 g/mol. The number of rotatable bonds is 8. The highest BCUT2D eigenvalue weighted by Crippen LogP contribution is 2.29. The Kier molecular flexibility index (Phi) is 6.66. The molecule has 0 bridgehead atoms. The van der Waals surface area contributed by atoms with Gasteiger partial charge in [0.25, 0.3) is 0 Å². The lowest BCUT2D eigenvalue weighted by molar-refractivity contribution is -0.104. The summed E-state index contributed by atoms with van der Waals surface area (Å²) >= 11 is 0. The molecule has 0 saturated carbocycles. The minimum Gasteiger partial charge on any atom is -0.481 e. The Morgan fingerprint density at radius 2 is 2.24 bits per heavy atom. The van der Waals surface area contributed by atoms with E-state index in [4.69, 9.17) is 4.74 Å². The van der Waals surface area contributed by atoms with Crippen LogP contribution in [-0.4, -0.2) is 29.8 Å². The number of hydrogen-bond donors (Lipinski definition) is 0. The topological polar surface area (TPSA) is 42.4 Å². The number of methoxy groups -OCH3 is 1. The van der Waals surface area contributed by atoms with Crippen molar-refractivity contribution in [1.29, 1.82) is 0 Å². The number of carbonyl (C=O) groups excluding carboxylic acids is 1. The van der Waals surface area contributed by atoms with E-state index in [1.807, 2.05) is 24.8 Å². The summed E-state index contributed by atoms with van der Waals surface area (Å²) in [6.07, 6.45) is 6.17. The van der Waals surface area contributed by atoms with E-state index in [0.29, 0.717) is 5.88 Å². The molecule has 0 unspecified atom stereocenters. The SMILES string of the molecule is C=C(C)N(CCCC)/C(=C\C=O)c1cc(C)cnc1OC. The highest BCUT2D eigenvalue weighted by atomic mass is 16.5. The second-order valence-corrected chi connectivity index (χ2v) is 5.00. The lowest BCUT2D eigenvalue weighted by atomic mass is 10.1. The first-order valence-electron chi connectivity index (χ1n) is 7.14. The smallest absolute Gasteiger partial charge is 0.222 e. The van der Waals surface area contributed by atoms with Crippen molar-refractivity contribution in [3.63, 3.8) is 0 Å². The van der Waals surface area contributed by atoms with E-state index in [-0.39, 0.29) is 0 Å². The van der Waals surface area contributed by atoms with Crippen LogP contribution in [0.3, 0.4) is 0 Å². The standard InChI is InChI=1S/C17H24N2O2/c1-6-7-9-19(13(2)3)16(8-10-20)15-11-14(4)12-18-17(15)21-5/h8,10-12H,2,6-7,9H2,1,3-5H3/b16-8-. The van der Waals surface area contributed by atoms with Gasteiger partial charge in [-0.25, -0.2) is 4.98 Å². The number of unbranched alkanes of at least 4 members (excludes halogenated alkanes) is 1. The minimum atomic E-state index is 0.511. The summed E-state index contributed by atoms with van der Waals surface area (Å²) in [6, 6.07) is 1.98. The van der Waals surface area contributed by atoms with E-state index in [1.54, 1.807) is 19.4 Å². The number of aromatic nitrogens is 1. The molecule has 0 aliphatic carbocycles. The maximum absolute atomic E-state index is 11.1. The number of ether oxygens (including phenoxy) is 1. The van der Waals surface area contributed by atoms with Crippen LogP contribution in [-0.2, 0) is 4.79 Å². The second kappa shape index (κ2) is 8.25. The molecule has 0 aromatic carbocycles. The number of aldehydes is 1. The maximum Gasteiger partial charge on any atom is 0.222 e. The van der Waals surface area contributed by atoms with Gasteiger partial charge < -0.3 is 9.64 Å². The lowest BCUT2D eigenvalue weighted by Crippen LogP contribution is -2.22. The van der Waals surface area contributed by atoms with E-state index in [2.05, 4.69) is 18.5 Å². The van der Waals surface area contributed by atoms with Gasteiger partial charge in [0.2, 0.25) is 5.88 Å². The summed E-state index contributed by atoms with van der Waals surface area (Å²) < 4.78 is 5.34. The Bertz CT molecular complexity index is 536. The number of aryl methyl sites for hydroxylation is 1. The summed E-state index contributed by atoms with van der Waals surface area (Å²) in [6.45, 7) is 10.9. The van der Waals surface area contributed by atoms with Crippen LogP contribution in [0.5, 0.6) is 5.88 Å². The number of allylic oxidation sites excluding steroid dienone is 2. The Labute approximate surface area is 127 Å². The highest BCUT2D eigenvalue weighted by Gasteiger charge is 2.17. The monoisotopic (exact) mass is 288 g/mol. The summed E-state index contributed by atoms with van der Waals surface area (Å²) in [4.78, 5) is 17.4. The third-order valence-electron chi connectivity index (χ3n) is 3.17. The van der Waals surface area contributed by atoms with Gasteiger partial charge in [0.05, 0.1) is 18.4 Å². The molecular weight excluding hydrogens is 264 g/mol. The third-order valence-corrected chi connectivity index (χ3v) is 3.17. The summed E-state index contributed by atoms with van der Waals surface area (Å²) in [5.74, 6) is 0.511. The largest absolute Gasteiger partial charge is 0.481 e. The predicted molar refractivity (Wildman–Crippen MR) is 86.0 cm³/mol. The Morgan fingerprint density at radius 3 is 2.76 bits per heavy atom. The van der Waals surface area contributed by atoms with Crippen molar-refractivity contribution in [2.45, 2.75) is 33.6 Å². The molecule has 1 aromatic rings. The van der Waals surface area contributed by atoms with Crippen LogP contribution in [0.25, 0.3) is 5.70 Å². The van der Waals surface area contributed by atoms with E-state index >= 15 is 0 Å². The van der Waals surface area contributed by atoms with Crippen molar-refractivity contribution >= 4 is 12.0 Å². The fourth-order valence-electron chi connectivity index (χ4n) is 2.13. The zero-order chi connectivity index (χ0) is 15.8. The quantitative estimate of drug-likeness (QED) is 0.542. The van der Waals surface area contributed by atoms with Crippen molar-refractivity contribution < 1.29 is 9.53 Å². The fraction of sp³-hybridized carbons (Fsp3) is 0.412. The number of pyridine rings is 1. The summed E-state index contributed by atoms with van der Waals surface area (Å²) in [5.41, 5.74) is 3.49. The molecule has 1 rings (SSSR count). The number of nitrogens with zero attached hydrogens (tertiary/aromatic N) is 2. The Balaban J connectivity index is 3.34. The first kappa shape index (κ1) is 17.0. The molecule has 4 heteroatoms. The van der Waals surface area contributed by atoms with Gasteiger partial charge >= 0.3 is 0 Å². The second-order valence-electron chi connectivity index (χ2n) is 5.00. The lowest BCUT2D eigenvalue weighted by Gasteiger charge is -2.28. The van der Waals surface area contributed by atoms with E-state index in [1.165, 1.54) is 0 Å². The number of carbonyl (C=O) groups is 1. The molecule has 0 radical (unpaired) electrons. The maximum atomic E-state index is 11.1. The number of hydrogen-bond acceptors (Lipinski definition) is 4. The molecule has 0 spiro atoms. The molecule has 4 nitrogen and oxygen atoms in total. The molecule has 21 heavy (non-hydrogen) atoms. The van der Waals surface area contributed by atoms with Gasteiger partial charge in [-0.2, -0.15) is 0 Å². The average Bonchev–Trinajstić information content (AvgIpc) is 2.46. The normalized spacial score (nSPS) is 11.1. The van der Waals surface area contributed by atoms with Crippen LogP contribution in [0.4, 0.5) is 0 Å². The van der Waals surface area contributed by atoms with Gasteiger partial charge in [0.1, 0.15) is 6.29 Å². The third kappa shape index (κ3) is 4.45. The van der Waals surface area contributed by atoms with Crippen LogP contribution in [0.15, 0.2) is 30.6 Å². The predicted octanol–water partition coefficient (Wildman–Crippen LogP) is 3.57. The zero-order valence-electron chi connectivity index (χ0n) is 13.3. The molecule has 1 aromatic heterocycles. The van der Waals surface area contributed by atoms with Crippen molar-refractivity contribution in [3.05, 3.63) is 41.7 Å². The molecule has 0 N–H and O–H groups in total. The molecule has 1 heterocycles. The molecule has 0 aliphatic rings. The van der Waals surface area contributed by atoms with Gasteiger partial charge in [-0.15, -0.1) is 0 Å². The highest BCUT2D eigenvalue weighted by molar-refractivity contribution is 5.82. The first-order valence-corrected chi connectivity index (χ1v) is 7.14. The van der Waals surface area contributed by atoms with Crippen molar-refractivity contribution in [2.75, 3.05) is 13.7 Å². The molecule has 0 amide bonds. The molecule has 0 aliphatic heterocycles. The summed E-state index contributed by atoms with van der Waals surface area (Å²) in [7, 11) is 1.58. The van der Waals surface area contributed by atoms with E-state index < -0.39 is 0 Å². The van der Waals surface area contributed by atoms with E-state index in [9.17, 15) is 4.79 Å². The van der Waals surface area contributed by atoms with Gasteiger partial charge in [-0.05, 0) is 31.9 Å². The van der Waals surface area contributed by atoms with E-state index in [0.717, 1.165) is 48.2 Å². The van der Waals surface area contributed by atoms with Crippen LogP contribution in [0.2, 0.25) is 0 Å². The Morgan fingerprint density at radius 1 is 1.52 bits per heavy atom. The molecular formula is C17H24N2O2. The van der Waals surface area contributed by atoms with Crippen LogP contribution in [0, 0.1) is 6.92 Å². The minimum absolute atomic E-state index is 0.511. The molecule has 0 atom stereocenters. The molecule has 0 saturated heterocycles. The van der Waals surface area contributed by atoms with Crippen LogP contribution >= 0.6 is 0 Å². The van der Waals surface area contributed by atoms with Gasteiger partial charge in [0, 0.05) is 24.5 Å².